The molecule has 0 bridgehead atoms. The molecule has 1 N–H and O–H groups in total. The summed E-state index contributed by atoms with van der Waals surface area (Å²) < 4.78 is 9.30. The first kappa shape index (κ1) is 18.8. The summed E-state index contributed by atoms with van der Waals surface area (Å²) >= 11 is 0. The molecule has 5 nitrogen and oxygen atoms in total. The van der Waals surface area contributed by atoms with Crippen LogP contribution in [0.15, 0.2) is 12.7 Å². The predicted octanol–water partition coefficient (Wildman–Crippen LogP) is 1.06. The van der Waals surface area contributed by atoms with Crippen LogP contribution >= 0.6 is 0 Å². The number of carbonyl (C=O) groups is 2. The van der Waals surface area contributed by atoms with Gasteiger partial charge >= 0.3 is 11.9 Å². The van der Waals surface area contributed by atoms with Crippen molar-refractivity contribution in [2.24, 2.45) is 5.41 Å². The van der Waals surface area contributed by atoms with Crippen LogP contribution in [0.3, 0.4) is 0 Å². The van der Waals surface area contributed by atoms with Gasteiger partial charge in [-0.3, -0.25) is 9.59 Å². The van der Waals surface area contributed by atoms with Crippen LogP contribution in [-0.2, 0) is 19.1 Å². The highest BCUT2D eigenvalue weighted by atomic mass is 16.5. The third-order valence-corrected chi connectivity index (χ3v) is 2.91. The molecule has 0 spiro atoms. The Labute approximate surface area is 125 Å². The van der Waals surface area contributed by atoms with Gasteiger partial charge in [0, 0.05) is 19.3 Å². The minimum absolute atomic E-state index is 0.0965. The van der Waals surface area contributed by atoms with Gasteiger partial charge in [-0.2, -0.15) is 0 Å². The second kappa shape index (κ2) is 9.63. The van der Waals surface area contributed by atoms with E-state index in [0.29, 0.717) is 12.8 Å². The molecule has 0 rings (SSSR count). The van der Waals surface area contributed by atoms with Crippen molar-refractivity contribution in [3.8, 4) is 24.2 Å². The topological polar surface area (TPSA) is 72.8 Å². The molecule has 0 aromatic rings. The quantitative estimate of drug-likeness (QED) is 0.329. The number of ether oxygens (including phenoxy) is 2. The largest absolute Gasteiger partial charge is 0.468 e. The molecular formula is C16H20O5. The first-order valence-electron chi connectivity index (χ1n) is 6.35. The zero-order chi connectivity index (χ0) is 16.3. The summed E-state index contributed by atoms with van der Waals surface area (Å²) in [6.45, 7) is 3.45. The molecule has 0 aromatic heterocycles. The molecule has 0 aliphatic carbocycles. The number of aliphatic hydroxyl groups excluding tert-OH is 1. The Balaban J connectivity index is 5.03. The van der Waals surface area contributed by atoms with E-state index in [1.165, 1.54) is 20.3 Å². The van der Waals surface area contributed by atoms with Crippen molar-refractivity contribution in [2.75, 3.05) is 14.2 Å². The number of hydrogen-bond acceptors (Lipinski definition) is 5. The van der Waals surface area contributed by atoms with E-state index in [9.17, 15) is 14.7 Å². The summed E-state index contributed by atoms with van der Waals surface area (Å²) in [7, 11) is 2.34. The van der Waals surface area contributed by atoms with Crippen LogP contribution in [0.1, 0.15) is 25.7 Å². The fourth-order valence-corrected chi connectivity index (χ4v) is 1.64. The van der Waals surface area contributed by atoms with Crippen molar-refractivity contribution in [3.05, 3.63) is 12.7 Å². The third-order valence-electron chi connectivity index (χ3n) is 2.91. The molecule has 0 radical (unpaired) electrons. The van der Waals surface area contributed by atoms with Crippen molar-refractivity contribution in [2.45, 2.75) is 31.8 Å². The van der Waals surface area contributed by atoms with Crippen LogP contribution in [-0.4, -0.2) is 37.4 Å². The number of terminal acetylenes is 1. The molecule has 0 aliphatic heterocycles. The summed E-state index contributed by atoms with van der Waals surface area (Å²) in [5.41, 5.74) is -1.61. The van der Waals surface area contributed by atoms with E-state index in [1.807, 2.05) is 0 Å². The lowest BCUT2D eigenvalue weighted by Crippen LogP contribution is -2.40. The first-order valence-corrected chi connectivity index (χ1v) is 6.35. The van der Waals surface area contributed by atoms with E-state index in [4.69, 9.17) is 6.42 Å². The van der Waals surface area contributed by atoms with Gasteiger partial charge in [0.25, 0.3) is 0 Å². The van der Waals surface area contributed by atoms with Crippen LogP contribution in [0.2, 0.25) is 0 Å². The second-order valence-electron chi connectivity index (χ2n) is 4.32. The van der Waals surface area contributed by atoms with Gasteiger partial charge in [-0.05, 0) is 6.42 Å². The van der Waals surface area contributed by atoms with Crippen molar-refractivity contribution >= 4 is 11.9 Å². The van der Waals surface area contributed by atoms with Gasteiger partial charge < -0.3 is 14.6 Å². The second-order valence-corrected chi connectivity index (χ2v) is 4.32. The Kier molecular flexibility index (Phi) is 8.60. The van der Waals surface area contributed by atoms with Crippen molar-refractivity contribution < 1.29 is 24.2 Å². The van der Waals surface area contributed by atoms with Gasteiger partial charge in [-0.15, -0.1) is 30.8 Å². The smallest absolute Gasteiger partial charge is 0.325 e. The molecule has 0 amide bonds. The lowest BCUT2D eigenvalue weighted by atomic mass is 9.81. The number of aliphatic hydroxyl groups is 1. The van der Waals surface area contributed by atoms with Crippen molar-refractivity contribution in [3.63, 3.8) is 0 Å². The Morgan fingerprint density at radius 2 is 1.86 bits per heavy atom. The Morgan fingerprint density at radius 3 is 2.29 bits per heavy atom. The third kappa shape index (κ3) is 5.33. The van der Waals surface area contributed by atoms with E-state index >= 15 is 0 Å². The molecule has 0 saturated heterocycles. The Hall–Kier alpha value is -2.24. The van der Waals surface area contributed by atoms with E-state index in [1.54, 1.807) is 0 Å². The Morgan fingerprint density at radius 1 is 1.29 bits per heavy atom. The van der Waals surface area contributed by atoms with E-state index < -0.39 is 23.5 Å². The number of rotatable bonds is 7. The normalized spacial score (nSPS) is 11.3. The zero-order valence-electron chi connectivity index (χ0n) is 12.3. The number of esters is 2. The van der Waals surface area contributed by atoms with Gasteiger partial charge in [0.15, 0.2) is 5.41 Å². The monoisotopic (exact) mass is 292 g/mol. The zero-order valence-corrected chi connectivity index (χ0v) is 12.3. The highest BCUT2D eigenvalue weighted by Gasteiger charge is 2.47. The Bertz CT molecular complexity index is 459. The summed E-state index contributed by atoms with van der Waals surface area (Å²) in [6, 6.07) is 0. The standard InChI is InChI=1S/C16H20O5/c1-5-11-16(14(18)20-3,15(19)21-4)12-9-7-8-10-13(17)6-2/h1,6,13,17H,2,8,10-12H2,3-4H3. The number of methoxy groups -OCH3 is 2. The van der Waals surface area contributed by atoms with Crippen LogP contribution in [0.4, 0.5) is 0 Å². The molecule has 0 aliphatic rings. The summed E-state index contributed by atoms with van der Waals surface area (Å²) in [5, 5.41) is 9.29. The van der Waals surface area contributed by atoms with Crippen LogP contribution < -0.4 is 0 Å². The fourth-order valence-electron chi connectivity index (χ4n) is 1.64. The van der Waals surface area contributed by atoms with E-state index in [2.05, 4.69) is 33.8 Å². The highest BCUT2D eigenvalue weighted by Crippen LogP contribution is 2.29. The lowest BCUT2D eigenvalue weighted by Gasteiger charge is -2.23. The average molecular weight is 292 g/mol. The van der Waals surface area contributed by atoms with Crippen LogP contribution in [0, 0.1) is 29.6 Å². The average Bonchev–Trinajstić information content (AvgIpc) is 2.51. The molecule has 21 heavy (non-hydrogen) atoms. The minimum Gasteiger partial charge on any atom is -0.468 e. The predicted molar refractivity (Wildman–Crippen MR) is 77.7 cm³/mol. The van der Waals surface area contributed by atoms with Crippen LogP contribution in [0.25, 0.3) is 0 Å². The van der Waals surface area contributed by atoms with Gasteiger partial charge in [0.05, 0.1) is 20.3 Å². The number of hydrogen-bond donors (Lipinski definition) is 1. The van der Waals surface area contributed by atoms with Gasteiger partial charge in [0.1, 0.15) is 0 Å². The first-order chi connectivity index (χ1) is 9.98. The molecule has 114 valence electrons. The van der Waals surface area contributed by atoms with Gasteiger partial charge in [-0.25, -0.2) is 0 Å². The molecule has 0 heterocycles. The van der Waals surface area contributed by atoms with E-state index in [-0.39, 0.29) is 12.8 Å². The van der Waals surface area contributed by atoms with E-state index in [0.717, 1.165) is 0 Å². The van der Waals surface area contributed by atoms with Crippen LogP contribution in [0.5, 0.6) is 0 Å². The molecule has 5 heteroatoms. The SMILES string of the molecule is C#CCC(CC#CCCC(O)C=C)(C(=O)OC)C(=O)OC. The molecule has 1 atom stereocenters. The van der Waals surface area contributed by atoms with Crippen molar-refractivity contribution in [1.29, 1.82) is 0 Å². The molecule has 0 fully saturated rings. The molecule has 1 unspecified atom stereocenters. The maximum absolute atomic E-state index is 11.9. The molecule has 0 saturated carbocycles. The fraction of sp³-hybridized carbons (Fsp3) is 0.500. The summed E-state index contributed by atoms with van der Waals surface area (Å²) in [5.74, 6) is 6.25. The maximum Gasteiger partial charge on any atom is 0.325 e. The lowest BCUT2D eigenvalue weighted by molar-refractivity contribution is -0.168. The summed E-state index contributed by atoms with van der Waals surface area (Å²) in [6.07, 6.45) is 6.59. The maximum atomic E-state index is 11.9. The van der Waals surface area contributed by atoms with Gasteiger partial charge in [-0.1, -0.05) is 6.08 Å². The molecule has 0 aromatic carbocycles. The minimum atomic E-state index is -1.61. The molecular weight excluding hydrogens is 272 g/mol. The number of carbonyl (C=O) groups excluding carboxylic acids is 2. The van der Waals surface area contributed by atoms with Crippen molar-refractivity contribution in [1.82, 2.24) is 0 Å². The summed E-state index contributed by atoms with van der Waals surface area (Å²) in [4.78, 5) is 23.8. The van der Waals surface area contributed by atoms with Gasteiger partial charge in [0.2, 0.25) is 0 Å². The highest BCUT2D eigenvalue weighted by molar-refractivity contribution is 6.00.